The molecule has 1 saturated heterocycles. The van der Waals surface area contributed by atoms with Crippen LogP contribution in [0, 0.1) is 0 Å². The van der Waals surface area contributed by atoms with Crippen LogP contribution in [0.2, 0.25) is 0 Å². The molecular formula is C11H22ClNO. The number of unbranched alkanes of at least 4 members (excludes halogenated alkanes) is 2. The molecule has 0 aromatic heterocycles. The Kier molecular flexibility index (Phi) is 6.57. The summed E-state index contributed by atoms with van der Waals surface area (Å²) in [5.41, 5.74) is 0. The first-order chi connectivity index (χ1) is 6.84. The largest absolute Gasteiger partial charge is 0.381 e. The fourth-order valence-electron chi connectivity index (χ4n) is 1.94. The average molecular weight is 220 g/mol. The Balaban J connectivity index is 2.04. The number of hydrogen-bond donors (Lipinski definition) is 0. The monoisotopic (exact) mass is 219 g/mol. The van der Waals surface area contributed by atoms with Gasteiger partial charge in [-0.25, -0.2) is 0 Å². The van der Waals surface area contributed by atoms with Crippen molar-refractivity contribution in [2.45, 2.75) is 38.1 Å². The summed E-state index contributed by atoms with van der Waals surface area (Å²) in [5.74, 6) is 0.807. The van der Waals surface area contributed by atoms with Crippen molar-refractivity contribution in [1.29, 1.82) is 0 Å². The van der Waals surface area contributed by atoms with Gasteiger partial charge in [0.1, 0.15) is 0 Å². The molecule has 1 fully saturated rings. The fourth-order valence-corrected chi connectivity index (χ4v) is 2.13. The van der Waals surface area contributed by atoms with Crippen LogP contribution in [0.5, 0.6) is 0 Å². The van der Waals surface area contributed by atoms with Gasteiger partial charge in [0.15, 0.2) is 0 Å². The first-order valence-electron chi connectivity index (χ1n) is 5.68. The van der Waals surface area contributed by atoms with Crippen LogP contribution < -0.4 is 0 Å². The number of halogens is 1. The van der Waals surface area contributed by atoms with E-state index >= 15 is 0 Å². The summed E-state index contributed by atoms with van der Waals surface area (Å²) in [6, 6.07) is 0.750. The summed E-state index contributed by atoms with van der Waals surface area (Å²) in [5, 5.41) is 0. The molecule has 84 valence electrons. The smallest absolute Gasteiger partial charge is 0.0480 e. The molecular weight excluding hydrogens is 198 g/mol. The normalized spacial score (nSPS) is 19.1. The highest BCUT2D eigenvalue weighted by Gasteiger charge is 2.17. The Morgan fingerprint density at radius 2 is 1.93 bits per heavy atom. The molecule has 0 unspecified atom stereocenters. The minimum Gasteiger partial charge on any atom is -0.381 e. The van der Waals surface area contributed by atoms with E-state index in [4.69, 9.17) is 16.3 Å². The van der Waals surface area contributed by atoms with E-state index in [1.807, 2.05) is 0 Å². The number of alkyl halides is 1. The van der Waals surface area contributed by atoms with Crippen molar-refractivity contribution in [2.24, 2.45) is 0 Å². The maximum Gasteiger partial charge on any atom is 0.0480 e. The summed E-state index contributed by atoms with van der Waals surface area (Å²) in [7, 11) is 2.23. The predicted molar refractivity (Wildman–Crippen MR) is 61.0 cm³/mol. The van der Waals surface area contributed by atoms with E-state index in [1.54, 1.807) is 0 Å². The molecule has 1 heterocycles. The van der Waals surface area contributed by atoms with E-state index < -0.39 is 0 Å². The Hall–Kier alpha value is 0.210. The molecule has 0 aromatic carbocycles. The van der Waals surface area contributed by atoms with Crippen LogP contribution in [0.25, 0.3) is 0 Å². The summed E-state index contributed by atoms with van der Waals surface area (Å²) in [6.45, 7) is 3.09. The van der Waals surface area contributed by atoms with Gasteiger partial charge in [-0.2, -0.15) is 0 Å². The van der Waals surface area contributed by atoms with Crippen molar-refractivity contribution in [3.05, 3.63) is 0 Å². The zero-order valence-electron chi connectivity index (χ0n) is 9.17. The molecule has 0 N–H and O–H groups in total. The highest BCUT2D eigenvalue weighted by Crippen LogP contribution is 2.13. The highest BCUT2D eigenvalue weighted by molar-refractivity contribution is 6.17. The van der Waals surface area contributed by atoms with Gasteiger partial charge in [-0.15, -0.1) is 11.6 Å². The van der Waals surface area contributed by atoms with Gasteiger partial charge in [-0.1, -0.05) is 6.42 Å². The van der Waals surface area contributed by atoms with Gasteiger partial charge < -0.3 is 9.64 Å². The minimum atomic E-state index is 0.750. The van der Waals surface area contributed by atoms with Crippen LogP contribution in [0.3, 0.4) is 0 Å². The summed E-state index contributed by atoms with van der Waals surface area (Å²) < 4.78 is 5.35. The molecule has 0 amide bonds. The minimum absolute atomic E-state index is 0.750. The molecule has 0 aliphatic carbocycles. The molecule has 0 bridgehead atoms. The molecule has 1 aliphatic heterocycles. The zero-order chi connectivity index (χ0) is 10.2. The van der Waals surface area contributed by atoms with Gasteiger partial charge in [0.25, 0.3) is 0 Å². The first kappa shape index (κ1) is 12.3. The van der Waals surface area contributed by atoms with Crippen molar-refractivity contribution < 1.29 is 4.74 Å². The third-order valence-corrected chi connectivity index (χ3v) is 3.23. The Morgan fingerprint density at radius 3 is 2.57 bits per heavy atom. The molecule has 0 saturated carbocycles. The van der Waals surface area contributed by atoms with Gasteiger partial charge in [0, 0.05) is 25.1 Å². The van der Waals surface area contributed by atoms with Gasteiger partial charge in [-0.05, 0) is 39.3 Å². The second-order valence-electron chi connectivity index (χ2n) is 4.07. The molecule has 2 nitrogen and oxygen atoms in total. The molecule has 0 radical (unpaired) electrons. The average Bonchev–Trinajstić information content (AvgIpc) is 2.25. The lowest BCUT2D eigenvalue weighted by Gasteiger charge is -2.31. The molecule has 0 aromatic rings. The van der Waals surface area contributed by atoms with Crippen LogP contribution in [0.4, 0.5) is 0 Å². The Morgan fingerprint density at radius 1 is 1.21 bits per heavy atom. The van der Waals surface area contributed by atoms with Gasteiger partial charge in [0.2, 0.25) is 0 Å². The first-order valence-corrected chi connectivity index (χ1v) is 6.22. The molecule has 1 rings (SSSR count). The number of ether oxygens (including phenoxy) is 1. The predicted octanol–water partition coefficient (Wildman–Crippen LogP) is 2.51. The molecule has 1 aliphatic rings. The Labute approximate surface area is 92.6 Å². The van der Waals surface area contributed by atoms with Gasteiger partial charge >= 0.3 is 0 Å². The summed E-state index contributed by atoms with van der Waals surface area (Å²) in [6.07, 6.45) is 6.10. The fraction of sp³-hybridized carbons (Fsp3) is 1.00. The van der Waals surface area contributed by atoms with Crippen molar-refractivity contribution in [2.75, 3.05) is 32.7 Å². The topological polar surface area (TPSA) is 12.5 Å². The second kappa shape index (κ2) is 7.49. The van der Waals surface area contributed by atoms with Crippen molar-refractivity contribution in [1.82, 2.24) is 4.90 Å². The van der Waals surface area contributed by atoms with Gasteiger partial charge in [0.05, 0.1) is 0 Å². The second-order valence-corrected chi connectivity index (χ2v) is 4.45. The lowest BCUT2D eigenvalue weighted by Crippen LogP contribution is -2.37. The van der Waals surface area contributed by atoms with Gasteiger partial charge in [-0.3, -0.25) is 0 Å². The van der Waals surface area contributed by atoms with E-state index in [1.165, 1.54) is 32.2 Å². The molecule has 0 atom stereocenters. The van der Waals surface area contributed by atoms with E-state index in [-0.39, 0.29) is 0 Å². The third-order valence-electron chi connectivity index (χ3n) is 2.96. The zero-order valence-corrected chi connectivity index (χ0v) is 9.93. The maximum atomic E-state index is 5.64. The summed E-state index contributed by atoms with van der Waals surface area (Å²) >= 11 is 5.64. The van der Waals surface area contributed by atoms with Crippen LogP contribution in [-0.4, -0.2) is 43.6 Å². The third kappa shape index (κ3) is 4.63. The number of nitrogens with zero attached hydrogens (tertiary/aromatic N) is 1. The van der Waals surface area contributed by atoms with Crippen LogP contribution >= 0.6 is 11.6 Å². The highest BCUT2D eigenvalue weighted by atomic mass is 35.5. The molecule has 3 heteroatoms. The van der Waals surface area contributed by atoms with E-state index in [0.29, 0.717) is 0 Å². The molecule has 14 heavy (non-hydrogen) atoms. The number of rotatable bonds is 6. The molecule has 0 spiro atoms. The lowest BCUT2D eigenvalue weighted by molar-refractivity contribution is 0.0426. The van der Waals surface area contributed by atoms with E-state index in [9.17, 15) is 0 Å². The SMILES string of the molecule is CN(CCCCCCl)C1CCOCC1. The quantitative estimate of drug-likeness (QED) is 0.503. The van der Waals surface area contributed by atoms with E-state index in [2.05, 4.69) is 11.9 Å². The van der Waals surface area contributed by atoms with Crippen LogP contribution in [0.1, 0.15) is 32.1 Å². The van der Waals surface area contributed by atoms with Crippen LogP contribution in [-0.2, 0) is 4.74 Å². The standard InChI is InChI=1S/C11H22ClNO/c1-13(8-4-2-3-7-12)11-5-9-14-10-6-11/h11H,2-10H2,1H3. The van der Waals surface area contributed by atoms with E-state index in [0.717, 1.165) is 31.6 Å². The van der Waals surface area contributed by atoms with Crippen molar-refractivity contribution in [3.8, 4) is 0 Å². The lowest BCUT2D eigenvalue weighted by atomic mass is 10.1. The number of hydrogen-bond acceptors (Lipinski definition) is 2. The van der Waals surface area contributed by atoms with Crippen molar-refractivity contribution >= 4 is 11.6 Å². The maximum absolute atomic E-state index is 5.64. The van der Waals surface area contributed by atoms with Crippen molar-refractivity contribution in [3.63, 3.8) is 0 Å². The van der Waals surface area contributed by atoms with Crippen LogP contribution in [0.15, 0.2) is 0 Å². The Bertz CT molecular complexity index is 137. The summed E-state index contributed by atoms with van der Waals surface area (Å²) in [4.78, 5) is 2.48.